The number of thiophene rings is 1. The zero-order valence-corrected chi connectivity index (χ0v) is 12.2. The summed E-state index contributed by atoms with van der Waals surface area (Å²) in [5.41, 5.74) is -0.0587. The second-order valence-electron chi connectivity index (χ2n) is 5.57. The van der Waals surface area contributed by atoms with Crippen molar-refractivity contribution in [2.45, 2.75) is 44.9 Å². The highest BCUT2D eigenvalue weighted by molar-refractivity contribution is 7.09. The molecule has 1 saturated carbocycles. The smallest absolute Gasteiger partial charge is 0.220 e. The van der Waals surface area contributed by atoms with E-state index in [0.29, 0.717) is 13.0 Å². The molecule has 0 aromatic carbocycles. The first-order chi connectivity index (χ1) is 9.24. The fourth-order valence-electron chi connectivity index (χ4n) is 2.76. The zero-order valence-electron chi connectivity index (χ0n) is 11.4. The minimum Gasteiger partial charge on any atom is -0.396 e. The first-order valence-corrected chi connectivity index (χ1v) is 8.02. The number of aliphatic hydroxyl groups excluding tert-OH is 1. The summed E-state index contributed by atoms with van der Waals surface area (Å²) in [6, 6.07) is 4.08. The molecule has 0 bridgehead atoms. The van der Waals surface area contributed by atoms with Gasteiger partial charge in [0.15, 0.2) is 0 Å². The Morgan fingerprint density at radius 2 is 2.16 bits per heavy atom. The quantitative estimate of drug-likeness (QED) is 0.842. The lowest BCUT2D eigenvalue weighted by Crippen LogP contribution is -2.41. The van der Waals surface area contributed by atoms with E-state index in [4.69, 9.17) is 0 Å². The van der Waals surface area contributed by atoms with Crippen LogP contribution in [0.25, 0.3) is 0 Å². The molecule has 2 rings (SSSR count). The molecular weight excluding hydrogens is 258 g/mol. The lowest BCUT2D eigenvalue weighted by atomic mass is 9.74. The molecule has 106 valence electrons. The van der Waals surface area contributed by atoms with Gasteiger partial charge in [-0.05, 0) is 30.7 Å². The van der Waals surface area contributed by atoms with Gasteiger partial charge >= 0.3 is 0 Å². The largest absolute Gasteiger partial charge is 0.396 e. The van der Waals surface area contributed by atoms with Crippen molar-refractivity contribution in [3.05, 3.63) is 22.4 Å². The molecule has 3 nitrogen and oxygen atoms in total. The zero-order chi connectivity index (χ0) is 13.6. The summed E-state index contributed by atoms with van der Waals surface area (Å²) in [5.74, 6) is 0.104. The molecule has 0 spiro atoms. The van der Waals surface area contributed by atoms with Crippen LogP contribution in [0, 0.1) is 5.41 Å². The lowest BCUT2D eigenvalue weighted by molar-refractivity contribution is -0.121. The Labute approximate surface area is 119 Å². The molecule has 4 heteroatoms. The monoisotopic (exact) mass is 281 g/mol. The number of nitrogens with one attached hydrogen (secondary N) is 1. The van der Waals surface area contributed by atoms with Crippen LogP contribution in [0.3, 0.4) is 0 Å². The Morgan fingerprint density at radius 1 is 1.37 bits per heavy atom. The van der Waals surface area contributed by atoms with Gasteiger partial charge in [-0.2, -0.15) is 0 Å². The third-order valence-corrected chi connectivity index (χ3v) is 5.02. The van der Waals surface area contributed by atoms with Crippen LogP contribution in [0.15, 0.2) is 17.5 Å². The summed E-state index contributed by atoms with van der Waals surface area (Å²) < 4.78 is 0. The molecule has 19 heavy (non-hydrogen) atoms. The summed E-state index contributed by atoms with van der Waals surface area (Å²) in [7, 11) is 0. The molecule has 1 fully saturated rings. The van der Waals surface area contributed by atoms with Gasteiger partial charge in [-0.3, -0.25) is 4.79 Å². The van der Waals surface area contributed by atoms with Crippen molar-refractivity contribution in [2.75, 3.05) is 13.2 Å². The molecule has 0 aliphatic heterocycles. The number of aliphatic hydroxyl groups is 1. The topological polar surface area (TPSA) is 49.3 Å². The Kier molecular flexibility index (Phi) is 5.40. The highest BCUT2D eigenvalue weighted by atomic mass is 32.1. The Morgan fingerprint density at radius 3 is 2.79 bits per heavy atom. The van der Waals surface area contributed by atoms with Crippen molar-refractivity contribution >= 4 is 17.2 Å². The summed E-state index contributed by atoms with van der Waals surface area (Å²) in [6.45, 7) is 0.824. The predicted octanol–water partition coefficient (Wildman–Crippen LogP) is 2.74. The van der Waals surface area contributed by atoms with Gasteiger partial charge in [0.05, 0.1) is 6.61 Å². The van der Waals surface area contributed by atoms with Crippen LogP contribution in [-0.2, 0) is 11.2 Å². The lowest BCUT2D eigenvalue weighted by Gasteiger charge is -2.35. The Balaban J connectivity index is 1.72. The van der Waals surface area contributed by atoms with Crippen molar-refractivity contribution in [1.82, 2.24) is 5.32 Å². The Bertz CT molecular complexity index is 383. The maximum absolute atomic E-state index is 11.9. The molecule has 1 aromatic heterocycles. The minimum atomic E-state index is -0.0587. The molecule has 0 saturated heterocycles. The normalized spacial score (nSPS) is 18.2. The van der Waals surface area contributed by atoms with Crippen LogP contribution >= 0.6 is 11.3 Å². The third-order valence-electron chi connectivity index (χ3n) is 4.09. The second-order valence-corrected chi connectivity index (χ2v) is 6.61. The molecule has 2 N–H and O–H groups in total. The van der Waals surface area contributed by atoms with Crippen LogP contribution in [0.4, 0.5) is 0 Å². The molecule has 0 atom stereocenters. The number of hydrogen-bond donors (Lipinski definition) is 2. The summed E-state index contributed by atoms with van der Waals surface area (Å²) in [4.78, 5) is 13.1. The van der Waals surface area contributed by atoms with Crippen LogP contribution in [0.2, 0.25) is 0 Å². The predicted molar refractivity (Wildman–Crippen MR) is 78.3 cm³/mol. The summed E-state index contributed by atoms with van der Waals surface area (Å²) in [5, 5.41) is 14.6. The van der Waals surface area contributed by atoms with E-state index < -0.39 is 0 Å². The molecular formula is C15H23NO2S. The first kappa shape index (κ1) is 14.5. The minimum absolute atomic E-state index is 0.0587. The van der Waals surface area contributed by atoms with Crippen molar-refractivity contribution in [3.63, 3.8) is 0 Å². The molecule has 0 unspecified atom stereocenters. The maximum atomic E-state index is 11.9. The van der Waals surface area contributed by atoms with Crippen LogP contribution in [0.5, 0.6) is 0 Å². The van der Waals surface area contributed by atoms with Gasteiger partial charge in [-0.15, -0.1) is 11.3 Å². The average Bonchev–Trinajstić information content (AvgIpc) is 2.97. The van der Waals surface area contributed by atoms with E-state index in [2.05, 4.69) is 11.4 Å². The Hall–Kier alpha value is -0.870. The third kappa shape index (κ3) is 4.32. The first-order valence-electron chi connectivity index (χ1n) is 7.14. The molecule has 1 aliphatic carbocycles. The molecule has 1 amide bonds. The van der Waals surface area contributed by atoms with Gasteiger partial charge in [0.2, 0.25) is 5.91 Å². The number of carbonyl (C=O) groups excluding carboxylic acids is 1. The fourth-order valence-corrected chi connectivity index (χ4v) is 3.47. The highest BCUT2D eigenvalue weighted by Gasteiger charge is 2.31. The van der Waals surface area contributed by atoms with E-state index in [0.717, 1.165) is 19.3 Å². The average molecular weight is 281 g/mol. The van der Waals surface area contributed by atoms with Crippen LogP contribution in [0.1, 0.15) is 43.4 Å². The SMILES string of the molecule is O=C(CCc1cccs1)NCC1(CO)CCCCC1. The second kappa shape index (κ2) is 7.06. The van der Waals surface area contributed by atoms with Gasteiger partial charge in [0.25, 0.3) is 0 Å². The summed E-state index contributed by atoms with van der Waals surface area (Å²) in [6.07, 6.45) is 7.03. The summed E-state index contributed by atoms with van der Waals surface area (Å²) >= 11 is 1.69. The van der Waals surface area contributed by atoms with E-state index in [-0.39, 0.29) is 17.9 Å². The molecule has 1 heterocycles. The fraction of sp³-hybridized carbons (Fsp3) is 0.667. The highest BCUT2D eigenvalue weighted by Crippen LogP contribution is 2.35. The number of carbonyl (C=O) groups is 1. The van der Waals surface area contributed by atoms with Crippen LogP contribution in [-0.4, -0.2) is 24.2 Å². The van der Waals surface area contributed by atoms with Crippen molar-refractivity contribution in [2.24, 2.45) is 5.41 Å². The van der Waals surface area contributed by atoms with Gasteiger partial charge in [-0.1, -0.05) is 25.3 Å². The molecule has 0 radical (unpaired) electrons. The number of aryl methyl sites for hydroxylation is 1. The number of rotatable bonds is 6. The molecule has 1 aliphatic rings. The van der Waals surface area contributed by atoms with E-state index in [1.807, 2.05) is 11.4 Å². The number of hydrogen-bond acceptors (Lipinski definition) is 3. The van der Waals surface area contributed by atoms with Crippen LogP contribution < -0.4 is 5.32 Å². The van der Waals surface area contributed by atoms with E-state index in [1.165, 1.54) is 24.1 Å². The van der Waals surface area contributed by atoms with Crippen molar-refractivity contribution in [1.29, 1.82) is 0 Å². The standard InChI is InChI=1S/C15H23NO2S/c17-12-15(8-2-1-3-9-15)11-16-14(18)7-6-13-5-4-10-19-13/h4-5,10,17H,1-3,6-9,11-12H2,(H,16,18). The van der Waals surface area contributed by atoms with Gasteiger partial charge in [-0.25, -0.2) is 0 Å². The molecule has 1 aromatic rings. The van der Waals surface area contributed by atoms with Gasteiger partial charge < -0.3 is 10.4 Å². The van der Waals surface area contributed by atoms with Crippen molar-refractivity contribution < 1.29 is 9.90 Å². The van der Waals surface area contributed by atoms with E-state index >= 15 is 0 Å². The maximum Gasteiger partial charge on any atom is 0.220 e. The van der Waals surface area contributed by atoms with E-state index in [9.17, 15) is 9.90 Å². The van der Waals surface area contributed by atoms with Crippen molar-refractivity contribution in [3.8, 4) is 0 Å². The van der Waals surface area contributed by atoms with Gasteiger partial charge in [0, 0.05) is 23.3 Å². The number of amides is 1. The van der Waals surface area contributed by atoms with Gasteiger partial charge in [0.1, 0.15) is 0 Å². The van der Waals surface area contributed by atoms with E-state index in [1.54, 1.807) is 11.3 Å².